The molecule has 1 aliphatic carbocycles. The predicted octanol–water partition coefficient (Wildman–Crippen LogP) is 3.97. The van der Waals surface area contributed by atoms with Crippen molar-refractivity contribution in [1.82, 2.24) is 15.5 Å². The van der Waals surface area contributed by atoms with Crippen LogP contribution in [-0.2, 0) is 9.53 Å². The van der Waals surface area contributed by atoms with E-state index in [1.807, 2.05) is 0 Å². The van der Waals surface area contributed by atoms with Gasteiger partial charge in [0.1, 0.15) is 11.9 Å². The number of rotatable bonds is 4. The molecular weight excluding hydrogens is 448 g/mol. The largest absolute Gasteiger partial charge is 0.573 e. The number of carbonyl (C=O) groups excluding carboxylic acids is 1. The van der Waals surface area contributed by atoms with Crippen LogP contribution >= 0.6 is 0 Å². The van der Waals surface area contributed by atoms with Gasteiger partial charge in [0.15, 0.2) is 5.82 Å². The topological polar surface area (TPSA) is 86.5 Å². The van der Waals surface area contributed by atoms with E-state index in [2.05, 4.69) is 20.2 Å². The molecule has 2 atom stereocenters. The second-order valence-corrected chi connectivity index (χ2v) is 7.78. The van der Waals surface area contributed by atoms with Gasteiger partial charge in [0.25, 0.3) is 5.89 Å². The Hall–Kier alpha value is -2.83. The van der Waals surface area contributed by atoms with Crippen LogP contribution in [0.5, 0.6) is 5.75 Å². The predicted molar refractivity (Wildman–Crippen MR) is 94.2 cm³/mol. The highest BCUT2D eigenvalue weighted by Gasteiger charge is 2.60. The summed E-state index contributed by atoms with van der Waals surface area (Å²) in [6.45, 7) is 1.16. The zero-order valence-electron chi connectivity index (χ0n) is 16.3. The first-order valence-electron chi connectivity index (χ1n) is 9.65. The first-order chi connectivity index (χ1) is 15.0. The molecule has 32 heavy (non-hydrogen) atoms. The van der Waals surface area contributed by atoms with Crippen LogP contribution in [0.2, 0.25) is 0 Å². The van der Waals surface area contributed by atoms with Gasteiger partial charge < -0.3 is 19.3 Å². The summed E-state index contributed by atoms with van der Waals surface area (Å²) in [6, 6.07) is 4.67. The van der Waals surface area contributed by atoms with Gasteiger partial charge in [-0.25, -0.2) is 4.79 Å². The quantitative estimate of drug-likeness (QED) is 0.540. The third kappa shape index (κ3) is 4.52. The Morgan fingerprint density at radius 1 is 1.09 bits per heavy atom. The van der Waals surface area contributed by atoms with E-state index < -0.39 is 41.7 Å². The molecule has 174 valence electrons. The fourth-order valence-electron chi connectivity index (χ4n) is 4.26. The molecule has 0 bridgehead atoms. The number of nitrogens with one attached hydrogen (secondary N) is 1. The van der Waals surface area contributed by atoms with Crippen LogP contribution in [0.25, 0.3) is 11.5 Å². The van der Waals surface area contributed by atoms with E-state index in [1.165, 1.54) is 12.1 Å². The lowest BCUT2D eigenvalue weighted by Crippen LogP contribution is -2.58. The number of benzene rings is 1. The molecule has 1 aliphatic heterocycles. The highest BCUT2D eigenvalue weighted by molar-refractivity contribution is 5.76. The molecule has 0 amide bonds. The minimum Gasteiger partial charge on any atom is -0.454 e. The molecule has 13 heteroatoms. The van der Waals surface area contributed by atoms with Gasteiger partial charge in [-0.1, -0.05) is 5.16 Å². The van der Waals surface area contributed by atoms with Crippen LogP contribution in [0.15, 0.2) is 28.8 Å². The van der Waals surface area contributed by atoms with Crippen molar-refractivity contribution in [2.24, 2.45) is 5.41 Å². The number of carbonyl (C=O) groups is 1. The van der Waals surface area contributed by atoms with Crippen molar-refractivity contribution in [3.63, 3.8) is 0 Å². The van der Waals surface area contributed by atoms with Crippen molar-refractivity contribution in [2.45, 2.75) is 43.8 Å². The maximum Gasteiger partial charge on any atom is 0.573 e. The molecular formula is C19H17F6N3O4. The Bertz CT molecular complexity index is 967. The lowest BCUT2D eigenvalue weighted by atomic mass is 9.55. The molecule has 0 radical (unpaired) electrons. The van der Waals surface area contributed by atoms with Gasteiger partial charge in [0.05, 0.1) is 5.92 Å². The number of halogens is 6. The number of aromatic nitrogens is 2. The van der Waals surface area contributed by atoms with Crippen LogP contribution in [-0.4, -0.2) is 47.8 Å². The third-order valence-corrected chi connectivity index (χ3v) is 5.77. The lowest BCUT2D eigenvalue weighted by molar-refractivity contribution is -0.274. The first kappa shape index (κ1) is 22.4. The van der Waals surface area contributed by atoms with Crippen LogP contribution in [0.4, 0.5) is 26.3 Å². The van der Waals surface area contributed by atoms with Crippen molar-refractivity contribution in [1.29, 1.82) is 0 Å². The standard InChI is InChI=1S/C19H17F6N3O4/c20-18(21,22)16(29)30-13-12(9-17(13)5-7-26-8-6-17)14-27-15(32-28-14)10-1-3-11(4-2-10)31-19(23,24)25/h1-4,12-13,26H,5-9H2. The maximum atomic E-state index is 12.8. The molecule has 4 rings (SSSR count). The lowest BCUT2D eigenvalue weighted by Gasteiger charge is -2.55. The second kappa shape index (κ2) is 7.94. The average molecular weight is 465 g/mol. The molecule has 7 nitrogen and oxygen atoms in total. The summed E-state index contributed by atoms with van der Waals surface area (Å²) in [6.07, 6.45) is -9.54. The normalized spacial score (nSPS) is 22.9. The Balaban J connectivity index is 1.52. The number of alkyl halides is 6. The smallest absolute Gasteiger partial charge is 0.454 e. The molecule has 2 heterocycles. The molecule has 1 saturated carbocycles. The van der Waals surface area contributed by atoms with Crippen molar-refractivity contribution in [3.05, 3.63) is 30.1 Å². The van der Waals surface area contributed by atoms with Gasteiger partial charge in [-0.2, -0.15) is 18.2 Å². The van der Waals surface area contributed by atoms with Crippen LogP contribution in [0.1, 0.15) is 31.0 Å². The molecule has 2 aliphatic rings. The number of nitrogens with zero attached hydrogens (tertiary/aromatic N) is 2. The summed E-state index contributed by atoms with van der Waals surface area (Å²) in [5, 5.41) is 6.93. The van der Waals surface area contributed by atoms with Crippen LogP contribution in [0.3, 0.4) is 0 Å². The summed E-state index contributed by atoms with van der Waals surface area (Å²) in [5.74, 6) is -3.36. The monoisotopic (exact) mass is 465 g/mol. The Labute approximate surface area is 177 Å². The number of piperidine rings is 1. The Kier molecular flexibility index (Phi) is 5.55. The average Bonchev–Trinajstić information content (AvgIpc) is 3.19. The van der Waals surface area contributed by atoms with E-state index in [0.717, 1.165) is 12.1 Å². The maximum absolute atomic E-state index is 12.8. The Morgan fingerprint density at radius 3 is 2.34 bits per heavy atom. The van der Waals surface area contributed by atoms with Gasteiger partial charge in [-0.15, -0.1) is 13.2 Å². The fourth-order valence-corrected chi connectivity index (χ4v) is 4.26. The Morgan fingerprint density at radius 2 is 1.75 bits per heavy atom. The van der Waals surface area contributed by atoms with Gasteiger partial charge in [0.2, 0.25) is 0 Å². The molecule has 1 spiro atoms. The minimum absolute atomic E-state index is 0.0364. The van der Waals surface area contributed by atoms with E-state index >= 15 is 0 Å². The summed E-state index contributed by atoms with van der Waals surface area (Å²) < 4.78 is 89.0. The van der Waals surface area contributed by atoms with Gasteiger partial charge in [0, 0.05) is 11.0 Å². The molecule has 2 aromatic rings. The van der Waals surface area contributed by atoms with E-state index in [1.54, 1.807) is 0 Å². The summed E-state index contributed by atoms with van der Waals surface area (Å²) in [7, 11) is 0. The molecule has 2 unspecified atom stereocenters. The van der Waals surface area contributed by atoms with E-state index in [9.17, 15) is 31.1 Å². The first-order valence-corrected chi connectivity index (χ1v) is 9.65. The highest BCUT2D eigenvalue weighted by Crippen LogP contribution is 2.57. The van der Waals surface area contributed by atoms with Gasteiger partial charge in [-0.3, -0.25) is 0 Å². The van der Waals surface area contributed by atoms with E-state index in [-0.39, 0.29) is 17.3 Å². The number of ether oxygens (including phenoxy) is 2. The van der Waals surface area contributed by atoms with Crippen molar-refractivity contribution >= 4 is 5.97 Å². The summed E-state index contributed by atoms with van der Waals surface area (Å²) in [4.78, 5) is 15.7. The zero-order chi connectivity index (χ0) is 23.1. The molecule has 2 fully saturated rings. The third-order valence-electron chi connectivity index (χ3n) is 5.77. The van der Waals surface area contributed by atoms with E-state index in [0.29, 0.717) is 32.4 Å². The van der Waals surface area contributed by atoms with Gasteiger partial charge >= 0.3 is 18.5 Å². The fraction of sp³-hybridized carbons (Fsp3) is 0.526. The van der Waals surface area contributed by atoms with Crippen molar-refractivity contribution < 1.29 is 45.1 Å². The number of hydrogen-bond donors (Lipinski definition) is 1. The second-order valence-electron chi connectivity index (χ2n) is 7.78. The molecule has 1 aromatic carbocycles. The molecule has 1 N–H and O–H groups in total. The van der Waals surface area contributed by atoms with Crippen LogP contribution in [0, 0.1) is 5.41 Å². The highest BCUT2D eigenvalue weighted by atomic mass is 19.4. The number of hydrogen-bond acceptors (Lipinski definition) is 7. The van der Waals surface area contributed by atoms with Gasteiger partial charge in [-0.05, 0) is 56.6 Å². The zero-order valence-corrected chi connectivity index (χ0v) is 16.3. The number of esters is 1. The van der Waals surface area contributed by atoms with Crippen molar-refractivity contribution in [3.8, 4) is 17.2 Å². The summed E-state index contributed by atoms with van der Waals surface area (Å²) in [5.41, 5.74) is -0.313. The van der Waals surface area contributed by atoms with Crippen LogP contribution < -0.4 is 10.1 Å². The molecule has 1 aromatic heterocycles. The molecule has 1 saturated heterocycles. The minimum atomic E-state index is -5.13. The summed E-state index contributed by atoms with van der Waals surface area (Å²) >= 11 is 0. The van der Waals surface area contributed by atoms with Crippen molar-refractivity contribution in [2.75, 3.05) is 13.1 Å². The SMILES string of the molecule is O=C(OC1C(c2noc(-c3ccc(OC(F)(F)F)cc3)n2)CC12CCNCC2)C(F)(F)F. The van der Waals surface area contributed by atoms with E-state index in [4.69, 9.17) is 9.26 Å².